The van der Waals surface area contributed by atoms with Crippen LogP contribution in [0.1, 0.15) is 16.9 Å². The minimum Gasteiger partial charge on any atom is -0.497 e. The molecule has 0 N–H and O–H groups in total. The first-order chi connectivity index (χ1) is 15.4. The lowest BCUT2D eigenvalue weighted by Crippen LogP contribution is -2.22. The molecule has 0 fully saturated rings. The summed E-state index contributed by atoms with van der Waals surface area (Å²) in [5.41, 5.74) is 3.81. The molecular weight excluding hydrogens is 430 g/mol. The Balaban J connectivity index is 1.61. The zero-order chi connectivity index (χ0) is 22.6. The Kier molecular flexibility index (Phi) is 4.56. The summed E-state index contributed by atoms with van der Waals surface area (Å²) < 4.78 is 13.0. The van der Waals surface area contributed by atoms with Crippen molar-refractivity contribution in [1.82, 2.24) is 9.38 Å². The fourth-order valence-corrected chi connectivity index (χ4v) is 4.59. The van der Waals surface area contributed by atoms with Crippen LogP contribution in [0.4, 0.5) is 5.69 Å². The number of hydrogen-bond donors (Lipinski definition) is 0. The zero-order valence-corrected chi connectivity index (χ0v) is 18.2. The molecule has 0 atom stereocenters. The Labute approximate surface area is 185 Å². The van der Waals surface area contributed by atoms with Crippen molar-refractivity contribution in [2.45, 2.75) is 13.8 Å². The highest BCUT2D eigenvalue weighted by molar-refractivity contribution is 7.15. The number of imidazole rings is 1. The maximum Gasteiger partial charge on any atom is 0.284 e. The van der Waals surface area contributed by atoms with E-state index in [0.717, 1.165) is 22.2 Å². The Morgan fingerprint density at radius 2 is 1.94 bits per heavy atom. The summed E-state index contributed by atoms with van der Waals surface area (Å²) in [6.45, 7) is 4.02. The molecule has 0 aliphatic rings. The Hall–Kier alpha value is -3.98. The summed E-state index contributed by atoms with van der Waals surface area (Å²) in [7, 11) is 1.45. The molecule has 0 spiro atoms. The number of hydrogen-bond acceptors (Lipinski definition) is 7. The number of nitro benzene ring substituents is 1. The smallest absolute Gasteiger partial charge is 0.284 e. The van der Waals surface area contributed by atoms with Gasteiger partial charge in [0.2, 0.25) is 0 Å². The summed E-state index contributed by atoms with van der Waals surface area (Å²) in [4.78, 5) is 29.2. The molecule has 160 valence electrons. The van der Waals surface area contributed by atoms with Crippen LogP contribution in [-0.2, 0) is 0 Å². The van der Waals surface area contributed by atoms with Crippen LogP contribution < -0.4 is 14.8 Å². The first-order valence-electron chi connectivity index (χ1n) is 9.72. The van der Waals surface area contributed by atoms with E-state index in [2.05, 4.69) is 4.98 Å². The molecule has 0 aliphatic heterocycles. The largest absolute Gasteiger partial charge is 0.497 e. The van der Waals surface area contributed by atoms with Crippen LogP contribution >= 0.6 is 11.3 Å². The Morgan fingerprint density at radius 3 is 2.69 bits per heavy atom. The van der Waals surface area contributed by atoms with Crippen molar-refractivity contribution in [3.63, 3.8) is 0 Å². The summed E-state index contributed by atoms with van der Waals surface area (Å²) in [6.07, 6.45) is 1.63. The van der Waals surface area contributed by atoms with Crippen LogP contribution in [-0.4, -0.2) is 21.4 Å². The molecule has 0 radical (unpaired) electrons. The van der Waals surface area contributed by atoms with Gasteiger partial charge in [-0.1, -0.05) is 11.3 Å². The minimum atomic E-state index is -0.484. The molecule has 0 unspecified atom stereocenters. The number of rotatable bonds is 4. The molecule has 0 aliphatic carbocycles. The number of nitro groups is 1. The lowest BCUT2D eigenvalue weighted by Gasteiger charge is -2.03. The topological polar surface area (TPSA) is 99.9 Å². The van der Waals surface area contributed by atoms with Crippen LogP contribution in [0.3, 0.4) is 0 Å². The van der Waals surface area contributed by atoms with Crippen molar-refractivity contribution >= 4 is 39.1 Å². The second-order valence-corrected chi connectivity index (χ2v) is 8.42. The van der Waals surface area contributed by atoms with Gasteiger partial charge in [-0.3, -0.25) is 14.9 Å². The Morgan fingerprint density at radius 1 is 1.16 bits per heavy atom. The van der Waals surface area contributed by atoms with Crippen LogP contribution in [0.15, 0.2) is 51.7 Å². The molecule has 0 bridgehead atoms. The van der Waals surface area contributed by atoms with E-state index in [1.54, 1.807) is 34.7 Å². The predicted molar refractivity (Wildman–Crippen MR) is 122 cm³/mol. The number of furan rings is 1. The number of aromatic nitrogens is 2. The molecule has 3 aromatic heterocycles. The van der Waals surface area contributed by atoms with Gasteiger partial charge >= 0.3 is 0 Å². The van der Waals surface area contributed by atoms with Crippen molar-refractivity contribution in [2.75, 3.05) is 7.11 Å². The maximum atomic E-state index is 13.1. The molecule has 0 saturated heterocycles. The van der Waals surface area contributed by atoms with Gasteiger partial charge in [-0.15, -0.1) is 0 Å². The van der Waals surface area contributed by atoms with E-state index in [4.69, 9.17) is 9.15 Å². The van der Waals surface area contributed by atoms with Gasteiger partial charge in [0.25, 0.3) is 11.2 Å². The average molecular weight is 447 g/mol. The predicted octanol–water partition coefficient (Wildman–Crippen LogP) is 4.25. The van der Waals surface area contributed by atoms with Crippen LogP contribution in [0.25, 0.3) is 33.4 Å². The van der Waals surface area contributed by atoms with Crippen molar-refractivity contribution in [1.29, 1.82) is 0 Å². The van der Waals surface area contributed by atoms with Gasteiger partial charge in [0.15, 0.2) is 4.96 Å². The van der Waals surface area contributed by atoms with Crippen LogP contribution in [0.5, 0.6) is 5.75 Å². The second kappa shape index (κ2) is 7.31. The number of methoxy groups -OCH3 is 1. The van der Waals surface area contributed by atoms with E-state index in [-0.39, 0.29) is 11.2 Å². The van der Waals surface area contributed by atoms with E-state index < -0.39 is 4.92 Å². The standard InChI is InChI=1S/C23H17N3O5S/c1-12-8-17-19(9-13(12)2)25-22(27)21(32-23(25)24-17)11-15-5-7-20(31-15)16-6-4-14(30-3)10-18(16)26(28)29/h4-11H,1-3H3/b21-11-. The molecule has 5 aromatic rings. The number of nitrogens with zero attached hydrogens (tertiary/aromatic N) is 3. The van der Waals surface area contributed by atoms with Gasteiger partial charge in [0.05, 0.1) is 34.7 Å². The third-order valence-corrected chi connectivity index (χ3v) is 6.39. The average Bonchev–Trinajstić information content (AvgIpc) is 3.44. The van der Waals surface area contributed by atoms with E-state index in [1.807, 2.05) is 26.0 Å². The maximum absolute atomic E-state index is 13.1. The third-order valence-electron chi connectivity index (χ3n) is 5.42. The highest BCUT2D eigenvalue weighted by Gasteiger charge is 2.19. The molecule has 8 nitrogen and oxygen atoms in total. The van der Waals surface area contributed by atoms with Crippen LogP contribution in [0, 0.1) is 24.0 Å². The monoisotopic (exact) mass is 447 g/mol. The number of fused-ring (bicyclic) bond motifs is 3. The molecule has 32 heavy (non-hydrogen) atoms. The number of ether oxygens (including phenoxy) is 1. The highest BCUT2D eigenvalue weighted by atomic mass is 32.1. The quantitative estimate of drug-likeness (QED) is 0.302. The SMILES string of the molecule is COc1ccc(-c2ccc(/C=c3\sc4nc5cc(C)c(C)cc5n4c3=O)o2)c([N+](=O)[O-])c1. The molecule has 3 heterocycles. The van der Waals surface area contributed by atoms with Gasteiger partial charge in [0, 0.05) is 6.08 Å². The van der Waals surface area contributed by atoms with Crippen molar-refractivity contribution in [3.05, 3.63) is 84.4 Å². The van der Waals surface area contributed by atoms with Crippen molar-refractivity contribution in [2.24, 2.45) is 0 Å². The molecule has 5 rings (SSSR count). The summed E-state index contributed by atoms with van der Waals surface area (Å²) in [5, 5.41) is 11.5. The van der Waals surface area contributed by atoms with E-state index in [1.165, 1.54) is 24.5 Å². The minimum absolute atomic E-state index is 0.124. The Bertz CT molecular complexity index is 1640. The molecule has 0 amide bonds. The van der Waals surface area contributed by atoms with Crippen molar-refractivity contribution in [3.8, 4) is 17.1 Å². The van der Waals surface area contributed by atoms with E-state index >= 15 is 0 Å². The summed E-state index contributed by atoms with van der Waals surface area (Å²) in [5.74, 6) is 1.13. The third kappa shape index (κ3) is 3.14. The lowest BCUT2D eigenvalue weighted by molar-refractivity contribution is -0.384. The first-order valence-corrected chi connectivity index (χ1v) is 10.5. The van der Waals surface area contributed by atoms with Crippen molar-refractivity contribution < 1.29 is 14.1 Å². The number of aryl methyl sites for hydroxylation is 2. The molecular formula is C23H17N3O5S. The normalized spacial score (nSPS) is 12.2. The highest BCUT2D eigenvalue weighted by Crippen LogP contribution is 2.34. The fraction of sp³-hybridized carbons (Fsp3) is 0.130. The second-order valence-electron chi connectivity index (χ2n) is 7.41. The number of benzene rings is 2. The van der Waals surface area contributed by atoms with Gasteiger partial charge in [0.1, 0.15) is 21.8 Å². The van der Waals surface area contributed by atoms with E-state index in [9.17, 15) is 14.9 Å². The van der Waals surface area contributed by atoms with E-state index in [0.29, 0.717) is 32.3 Å². The summed E-state index contributed by atoms with van der Waals surface area (Å²) >= 11 is 1.27. The summed E-state index contributed by atoms with van der Waals surface area (Å²) in [6, 6.07) is 11.8. The van der Waals surface area contributed by atoms with Gasteiger partial charge in [-0.2, -0.15) is 0 Å². The van der Waals surface area contributed by atoms with Crippen LogP contribution in [0.2, 0.25) is 0 Å². The molecule has 9 heteroatoms. The van der Waals surface area contributed by atoms with Gasteiger partial charge < -0.3 is 9.15 Å². The zero-order valence-electron chi connectivity index (χ0n) is 17.4. The molecule has 0 saturated carbocycles. The molecule has 2 aromatic carbocycles. The van der Waals surface area contributed by atoms with Gasteiger partial charge in [-0.05, 0) is 61.4 Å². The lowest BCUT2D eigenvalue weighted by atomic mass is 10.1. The first kappa shape index (κ1) is 20.0. The fourth-order valence-electron chi connectivity index (χ4n) is 3.62. The van der Waals surface area contributed by atoms with Gasteiger partial charge in [-0.25, -0.2) is 9.38 Å². The number of thiazole rings is 1.